The molecule has 0 bridgehead atoms. The first-order chi connectivity index (χ1) is 11.6. The minimum atomic E-state index is -0.0415. The lowest BCUT2D eigenvalue weighted by Crippen LogP contribution is -2.26. The lowest BCUT2D eigenvalue weighted by atomic mass is 10.1. The van der Waals surface area contributed by atoms with Crippen molar-refractivity contribution in [2.75, 3.05) is 0 Å². The molecule has 7 heteroatoms. The first-order valence-corrected chi connectivity index (χ1v) is 7.87. The number of benzene rings is 1. The molecule has 0 unspecified atom stereocenters. The summed E-state index contributed by atoms with van der Waals surface area (Å²) in [5, 5.41) is 15.0. The van der Waals surface area contributed by atoms with Gasteiger partial charge in [0.15, 0.2) is 5.82 Å². The molecular weight excluding hydrogens is 304 g/mol. The molecular formula is C17H20N6O. The summed E-state index contributed by atoms with van der Waals surface area (Å²) >= 11 is 0. The van der Waals surface area contributed by atoms with Crippen molar-refractivity contribution in [1.29, 1.82) is 0 Å². The van der Waals surface area contributed by atoms with Gasteiger partial charge < -0.3 is 9.88 Å². The fraction of sp³-hybridized carbons (Fsp3) is 0.294. The molecule has 0 spiro atoms. The summed E-state index contributed by atoms with van der Waals surface area (Å²) in [5.41, 5.74) is 1.92. The van der Waals surface area contributed by atoms with Gasteiger partial charge in [0.2, 0.25) is 5.91 Å². The van der Waals surface area contributed by atoms with Gasteiger partial charge in [-0.05, 0) is 37.6 Å². The number of nitrogens with one attached hydrogen (secondary N) is 1. The van der Waals surface area contributed by atoms with Gasteiger partial charge in [0.25, 0.3) is 0 Å². The predicted molar refractivity (Wildman–Crippen MR) is 89.5 cm³/mol. The molecule has 3 rings (SSSR count). The Hall–Kier alpha value is -2.96. The van der Waals surface area contributed by atoms with E-state index in [0.29, 0.717) is 13.0 Å². The highest BCUT2D eigenvalue weighted by molar-refractivity contribution is 5.78. The molecule has 0 atom stereocenters. The van der Waals surface area contributed by atoms with Gasteiger partial charge in [-0.25, -0.2) is 4.68 Å². The Morgan fingerprint density at radius 2 is 2.04 bits per heavy atom. The van der Waals surface area contributed by atoms with E-state index in [0.717, 1.165) is 17.1 Å². The summed E-state index contributed by atoms with van der Waals surface area (Å²) in [7, 11) is 0. The number of aromatic nitrogens is 5. The van der Waals surface area contributed by atoms with Gasteiger partial charge in [-0.15, -0.1) is 10.2 Å². The highest BCUT2D eigenvalue weighted by Gasteiger charge is 2.09. The molecule has 1 amide bonds. The fourth-order valence-corrected chi connectivity index (χ4v) is 2.44. The molecule has 2 aromatic heterocycles. The number of hydrogen-bond donors (Lipinski definition) is 1. The van der Waals surface area contributed by atoms with Crippen LogP contribution in [0.2, 0.25) is 0 Å². The summed E-state index contributed by atoms with van der Waals surface area (Å²) in [4.78, 5) is 12.1. The Labute approximate surface area is 140 Å². The van der Waals surface area contributed by atoms with Crippen LogP contribution in [0.25, 0.3) is 5.69 Å². The predicted octanol–water partition coefficient (Wildman–Crippen LogP) is 1.90. The largest absolute Gasteiger partial charge is 0.349 e. The van der Waals surface area contributed by atoms with E-state index in [4.69, 9.17) is 0 Å². The molecule has 0 saturated heterocycles. The zero-order chi connectivity index (χ0) is 16.9. The van der Waals surface area contributed by atoms with Gasteiger partial charge in [-0.3, -0.25) is 4.79 Å². The second kappa shape index (κ2) is 7.08. The quantitative estimate of drug-likeness (QED) is 0.751. The number of carbonyl (C=O) groups is 1. The van der Waals surface area contributed by atoms with Crippen molar-refractivity contribution in [3.8, 4) is 5.69 Å². The lowest BCUT2D eigenvalue weighted by Gasteiger charge is -2.10. The Morgan fingerprint density at radius 3 is 2.71 bits per heavy atom. The van der Waals surface area contributed by atoms with Crippen LogP contribution in [0.3, 0.4) is 0 Å². The summed E-state index contributed by atoms with van der Waals surface area (Å²) in [6.07, 6.45) is 5.62. The SMILES string of the molecule is CC(C)n1cnnc1CNC(=O)Cc1ccc(-n2cccn2)cc1. The Kier molecular flexibility index (Phi) is 4.69. The van der Waals surface area contributed by atoms with Crippen molar-refractivity contribution in [2.24, 2.45) is 0 Å². The minimum Gasteiger partial charge on any atom is -0.349 e. The number of hydrogen-bond acceptors (Lipinski definition) is 4. The van der Waals surface area contributed by atoms with E-state index in [1.54, 1.807) is 17.2 Å². The Morgan fingerprint density at radius 1 is 1.25 bits per heavy atom. The van der Waals surface area contributed by atoms with E-state index >= 15 is 0 Å². The summed E-state index contributed by atoms with van der Waals surface area (Å²) in [6, 6.07) is 9.91. The minimum absolute atomic E-state index is 0.0415. The van der Waals surface area contributed by atoms with Gasteiger partial charge in [-0.2, -0.15) is 5.10 Å². The highest BCUT2D eigenvalue weighted by atomic mass is 16.1. The molecule has 0 saturated carbocycles. The standard InChI is InChI=1S/C17H20N6O/c1-13(2)22-12-19-21-16(22)11-18-17(24)10-14-4-6-15(7-5-14)23-9-3-8-20-23/h3-9,12-13H,10-11H2,1-2H3,(H,18,24). The normalized spacial score (nSPS) is 11.0. The summed E-state index contributed by atoms with van der Waals surface area (Å²) in [6.45, 7) is 4.48. The molecule has 7 nitrogen and oxygen atoms in total. The van der Waals surface area contributed by atoms with Gasteiger partial charge in [-0.1, -0.05) is 12.1 Å². The molecule has 3 aromatic rings. The second-order valence-electron chi connectivity index (χ2n) is 5.82. The van der Waals surface area contributed by atoms with Crippen LogP contribution in [-0.2, 0) is 17.8 Å². The first kappa shape index (κ1) is 15.9. The third-order valence-corrected chi connectivity index (χ3v) is 3.72. The van der Waals surface area contributed by atoms with E-state index in [1.165, 1.54) is 0 Å². The Bertz CT molecular complexity index is 789. The van der Waals surface area contributed by atoms with E-state index in [1.807, 2.05) is 41.1 Å². The van der Waals surface area contributed by atoms with Crippen LogP contribution in [-0.4, -0.2) is 30.5 Å². The van der Waals surface area contributed by atoms with Crippen LogP contribution in [0.15, 0.2) is 49.1 Å². The van der Waals surface area contributed by atoms with Gasteiger partial charge in [0.1, 0.15) is 6.33 Å². The first-order valence-electron chi connectivity index (χ1n) is 7.87. The topological polar surface area (TPSA) is 77.6 Å². The summed E-state index contributed by atoms with van der Waals surface area (Å²) in [5.74, 6) is 0.715. The molecule has 1 aromatic carbocycles. The fourth-order valence-electron chi connectivity index (χ4n) is 2.44. The third-order valence-electron chi connectivity index (χ3n) is 3.72. The highest BCUT2D eigenvalue weighted by Crippen LogP contribution is 2.10. The zero-order valence-electron chi connectivity index (χ0n) is 13.8. The molecule has 24 heavy (non-hydrogen) atoms. The molecule has 124 valence electrons. The van der Waals surface area contributed by atoms with Crippen molar-refractivity contribution in [1.82, 2.24) is 29.9 Å². The Balaban J connectivity index is 1.56. The number of amides is 1. The number of nitrogens with zero attached hydrogens (tertiary/aromatic N) is 5. The van der Waals surface area contributed by atoms with Crippen LogP contribution in [0.5, 0.6) is 0 Å². The van der Waals surface area contributed by atoms with E-state index in [-0.39, 0.29) is 11.9 Å². The average Bonchev–Trinajstić information content (AvgIpc) is 3.25. The number of rotatable bonds is 6. The van der Waals surface area contributed by atoms with Crippen LogP contribution in [0.4, 0.5) is 0 Å². The van der Waals surface area contributed by atoms with Crippen molar-refractivity contribution in [3.63, 3.8) is 0 Å². The van der Waals surface area contributed by atoms with E-state index in [9.17, 15) is 4.79 Å². The molecule has 0 aliphatic rings. The number of carbonyl (C=O) groups excluding carboxylic acids is 1. The lowest BCUT2D eigenvalue weighted by molar-refractivity contribution is -0.120. The maximum atomic E-state index is 12.1. The van der Waals surface area contributed by atoms with E-state index in [2.05, 4.69) is 34.5 Å². The van der Waals surface area contributed by atoms with E-state index < -0.39 is 0 Å². The van der Waals surface area contributed by atoms with Crippen molar-refractivity contribution < 1.29 is 4.79 Å². The maximum Gasteiger partial charge on any atom is 0.224 e. The maximum absolute atomic E-state index is 12.1. The molecule has 0 radical (unpaired) electrons. The van der Waals surface area contributed by atoms with Crippen LogP contribution >= 0.6 is 0 Å². The van der Waals surface area contributed by atoms with Gasteiger partial charge in [0, 0.05) is 18.4 Å². The third kappa shape index (κ3) is 3.68. The zero-order valence-corrected chi connectivity index (χ0v) is 13.8. The molecule has 2 heterocycles. The van der Waals surface area contributed by atoms with Crippen LogP contribution in [0, 0.1) is 0 Å². The molecule has 1 N–H and O–H groups in total. The summed E-state index contributed by atoms with van der Waals surface area (Å²) < 4.78 is 3.72. The van der Waals surface area contributed by atoms with Crippen molar-refractivity contribution >= 4 is 5.91 Å². The smallest absolute Gasteiger partial charge is 0.224 e. The van der Waals surface area contributed by atoms with Gasteiger partial charge >= 0.3 is 0 Å². The molecule has 0 fully saturated rings. The van der Waals surface area contributed by atoms with Crippen molar-refractivity contribution in [3.05, 3.63) is 60.4 Å². The van der Waals surface area contributed by atoms with Crippen LogP contribution < -0.4 is 5.32 Å². The second-order valence-corrected chi connectivity index (χ2v) is 5.82. The van der Waals surface area contributed by atoms with Crippen molar-refractivity contribution in [2.45, 2.75) is 32.9 Å². The molecule has 0 aliphatic carbocycles. The van der Waals surface area contributed by atoms with Crippen LogP contribution in [0.1, 0.15) is 31.3 Å². The van der Waals surface area contributed by atoms with Gasteiger partial charge in [0.05, 0.1) is 18.7 Å². The average molecular weight is 324 g/mol. The monoisotopic (exact) mass is 324 g/mol. The molecule has 0 aliphatic heterocycles.